The van der Waals surface area contributed by atoms with Crippen molar-refractivity contribution in [2.45, 2.75) is 12.8 Å². The lowest BCUT2D eigenvalue weighted by Gasteiger charge is -2.05. The van der Waals surface area contributed by atoms with Crippen LogP contribution in [0.15, 0.2) is 54.6 Å². The molecule has 140 valence electrons. The highest BCUT2D eigenvalue weighted by Gasteiger charge is 2.09. The minimum Gasteiger partial charge on any atom is -0.494 e. The van der Waals surface area contributed by atoms with E-state index < -0.39 is 0 Å². The van der Waals surface area contributed by atoms with Crippen LogP contribution >= 0.6 is 22.9 Å². The predicted octanol–water partition coefficient (Wildman–Crippen LogP) is 4.22. The maximum Gasteiger partial charge on any atom is 0.264 e. The second-order valence-corrected chi connectivity index (χ2v) is 7.06. The van der Waals surface area contributed by atoms with Crippen molar-refractivity contribution in [2.75, 3.05) is 18.5 Å². The van der Waals surface area contributed by atoms with Crippen LogP contribution in [0.1, 0.15) is 11.4 Å². The van der Waals surface area contributed by atoms with Crippen molar-refractivity contribution in [2.24, 2.45) is 0 Å². The third-order valence-corrected chi connectivity index (χ3v) is 4.59. The lowest BCUT2D eigenvalue weighted by atomic mass is 10.3. The number of anilines is 1. The molecule has 0 atom stereocenters. The van der Waals surface area contributed by atoms with Crippen LogP contribution in [0.5, 0.6) is 11.5 Å². The summed E-state index contributed by atoms with van der Waals surface area (Å²) >= 11 is 7.15. The topological polar surface area (TPSA) is 73.3 Å². The van der Waals surface area contributed by atoms with Gasteiger partial charge in [-0.1, -0.05) is 41.1 Å². The van der Waals surface area contributed by atoms with Gasteiger partial charge in [-0.05, 0) is 42.8 Å². The number of hydrogen-bond acceptors (Lipinski definition) is 6. The number of aromatic nitrogens is 2. The van der Waals surface area contributed by atoms with Crippen molar-refractivity contribution in [1.29, 1.82) is 0 Å². The molecule has 0 bridgehead atoms. The van der Waals surface area contributed by atoms with E-state index in [-0.39, 0.29) is 12.5 Å². The predicted molar refractivity (Wildman–Crippen MR) is 106 cm³/mol. The smallest absolute Gasteiger partial charge is 0.264 e. The van der Waals surface area contributed by atoms with E-state index >= 15 is 0 Å². The number of carbonyl (C=O) groups excluding carboxylic acids is 1. The van der Waals surface area contributed by atoms with E-state index in [4.69, 9.17) is 21.1 Å². The second-order valence-electron chi connectivity index (χ2n) is 5.56. The van der Waals surface area contributed by atoms with Gasteiger partial charge in [-0.2, -0.15) is 0 Å². The molecule has 2 aromatic carbocycles. The first-order chi connectivity index (χ1) is 13.2. The summed E-state index contributed by atoms with van der Waals surface area (Å²) < 4.78 is 11.0. The monoisotopic (exact) mass is 403 g/mol. The minimum atomic E-state index is -0.292. The van der Waals surface area contributed by atoms with Gasteiger partial charge in [0.25, 0.3) is 5.91 Å². The van der Waals surface area contributed by atoms with Gasteiger partial charge in [0.05, 0.1) is 6.61 Å². The van der Waals surface area contributed by atoms with Gasteiger partial charge < -0.3 is 9.47 Å². The summed E-state index contributed by atoms with van der Waals surface area (Å²) in [6.45, 7) is 0.488. The summed E-state index contributed by atoms with van der Waals surface area (Å²) in [5, 5.41) is 12.7. The number of ether oxygens (including phenoxy) is 2. The van der Waals surface area contributed by atoms with Gasteiger partial charge in [0.15, 0.2) is 6.61 Å². The maximum absolute atomic E-state index is 11.9. The lowest BCUT2D eigenvalue weighted by Crippen LogP contribution is -2.20. The van der Waals surface area contributed by atoms with Crippen molar-refractivity contribution in [3.63, 3.8) is 0 Å². The quantitative estimate of drug-likeness (QED) is 0.541. The summed E-state index contributed by atoms with van der Waals surface area (Å²) in [6, 6.07) is 16.5. The third-order valence-electron chi connectivity index (χ3n) is 3.44. The normalized spacial score (nSPS) is 10.4. The Morgan fingerprint density at radius 3 is 2.52 bits per heavy atom. The van der Waals surface area contributed by atoms with Gasteiger partial charge in [-0.3, -0.25) is 10.1 Å². The number of carbonyl (C=O) groups is 1. The molecule has 0 fully saturated rings. The van der Waals surface area contributed by atoms with Crippen LogP contribution in [0.3, 0.4) is 0 Å². The fourth-order valence-corrected chi connectivity index (χ4v) is 3.09. The highest BCUT2D eigenvalue weighted by molar-refractivity contribution is 7.15. The van der Waals surface area contributed by atoms with E-state index in [0.29, 0.717) is 22.5 Å². The van der Waals surface area contributed by atoms with E-state index in [1.807, 2.05) is 30.3 Å². The fourth-order valence-electron chi connectivity index (χ4n) is 2.17. The number of para-hydroxylation sites is 1. The van der Waals surface area contributed by atoms with Gasteiger partial charge in [0.2, 0.25) is 5.13 Å². The molecule has 1 heterocycles. The van der Waals surface area contributed by atoms with Crippen LogP contribution in [0.4, 0.5) is 5.13 Å². The first-order valence-corrected chi connectivity index (χ1v) is 9.57. The molecule has 0 aliphatic carbocycles. The zero-order chi connectivity index (χ0) is 18.9. The number of benzene rings is 2. The molecule has 3 rings (SSSR count). The molecule has 1 N–H and O–H groups in total. The Morgan fingerprint density at radius 2 is 1.74 bits per heavy atom. The van der Waals surface area contributed by atoms with E-state index in [1.54, 1.807) is 24.3 Å². The average Bonchev–Trinajstić information content (AvgIpc) is 3.13. The van der Waals surface area contributed by atoms with Crippen LogP contribution < -0.4 is 14.8 Å². The molecule has 3 aromatic rings. The molecule has 6 nitrogen and oxygen atoms in total. The molecular weight excluding hydrogens is 386 g/mol. The molecule has 0 radical (unpaired) electrons. The molecule has 0 aliphatic rings. The highest BCUT2D eigenvalue weighted by atomic mass is 35.5. The molecule has 0 saturated carbocycles. The van der Waals surface area contributed by atoms with Crippen LogP contribution in [-0.4, -0.2) is 29.3 Å². The molecule has 0 spiro atoms. The second kappa shape index (κ2) is 9.89. The van der Waals surface area contributed by atoms with Crippen molar-refractivity contribution < 1.29 is 14.3 Å². The van der Waals surface area contributed by atoms with Gasteiger partial charge in [-0.15, -0.1) is 10.2 Å². The largest absolute Gasteiger partial charge is 0.494 e. The molecular formula is C19H18ClN3O3S. The molecule has 0 aliphatic heterocycles. The Kier molecular flexibility index (Phi) is 7.01. The standard InChI is InChI=1S/C19H18ClN3O3S/c20-14-8-10-16(11-9-14)26-13-17(24)21-19-23-22-18(27-19)7-4-12-25-15-5-2-1-3-6-15/h1-3,5-6,8-11H,4,7,12-13H2,(H,21,23,24). The van der Waals surface area contributed by atoms with E-state index in [9.17, 15) is 4.79 Å². The number of amides is 1. The number of rotatable bonds is 9. The Balaban J connectivity index is 1.37. The lowest BCUT2D eigenvalue weighted by molar-refractivity contribution is -0.118. The Labute approximate surface area is 166 Å². The highest BCUT2D eigenvalue weighted by Crippen LogP contribution is 2.18. The molecule has 1 aromatic heterocycles. The summed E-state index contributed by atoms with van der Waals surface area (Å²) in [5.41, 5.74) is 0. The Bertz CT molecular complexity index is 856. The molecule has 1 amide bonds. The van der Waals surface area contributed by atoms with Gasteiger partial charge in [0, 0.05) is 11.4 Å². The van der Waals surface area contributed by atoms with Crippen LogP contribution in [-0.2, 0) is 11.2 Å². The van der Waals surface area contributed by atoms with E-state index in [0.717, 1.165) is 23.6 Å². The zero-order valence-corrected chi connectivity index (χ0v) is 16.0. The van der Waals surface area contributed by atoms with Crippen molar-refractivity contribution in [1.82, 2.24) is 10.2 Å². The van der Waals surface area contributed by atoms with Crippen molar-refractivity contribution in [3.05, 3.63) is 64.6 Å². The first-order valence-electron chi connectivity index (χ1n) is 8.37. The van der Waals surface area contributed by atoms with Crippen LogP contribution in [0.25, 0.3) is 0 Å². The Hall–Kier alpha value is -2.64. The Morgan fingerprint density at radius 1 is 1.00 bits per heavy atom. The summed E-state index contributed by atoms with van der Waals surface area (Å²) in [7, 11) is 0. The van der Waals surface area contributed by atoms with Crippen LogP contribution in [0.2, 0.25) is 5.02 Å². The minimum absolute atomic E-state index is 0.110. The first kappa shape index (κ1) is 19.1. The number of nitrogens with zero attached hydrogens (tertiary/aromatic N) is 2. The number of aryl methyl sites for hydroxylation is 1. The summed E-state index contributed by atoms with van der Waals surface area (Å²) in [6.07, 6.45) is 1.55. The average molecular weight is 404 g/mol. The summed E-state index contributed by atoms with van der Waals surface area (Å²) in [4.78, 5) is 11.9. The molecule has 27 heavy (non-hydrogen) atoms. The molecule has 0 saturated heterocycles. The molecule has 8 heteroatoms. The number of halogens is 1. The maximum atomic E-state index is 11.9. The van der Waals surface area contributed by atoms with Gasteiger partial charge in [-0.25, -0.2) is 0 Å². The number of hydrogen-bond donors (Lipinski definition) is 1. The SMILES string of the molecule is O=C(COc1ccc(Cl)cc1)Nc1nnc(CCCOc2ccccc2)s1. The zero-order valence-electron chi connectivity index (χ0n) is 14.4. The van der Waals surface area contributed by atoms with Gasteiger partial charge in [0.1, 0.15) is 16.5 Å². The summed E-state index contributed by atoms with van der Waals surface area (Å²) in [5.74, 6) is 1.13. The van der Waals surface area contributed by atoms with Crippen molar-refractivity contribution >= 4 is 34.0 Å². The van der Waals surface area contributed by atoms with E-state index in [2.05, 4.69) is 15.5 Å². The third kappa shape index (κ3) is 6.54. The van der Waals surface area contributed by atoms with Crippen LogP contribution in [0, 0.1) is 0 Å². The number of nitrogens with one attached hydrogen (secondary N) is 1. The van der Waals surface area contributed by atoms with Gasteiger partial charge >= 0.3 is 0 Å². The van der Waals surface area contributed by atoms with E-state index in [1.165, 1.54) is 11.3 Å². The van der Waals surface area contributed by atoms with Crippen molar-refractivity contribution in [3.8, 4) is 11.5 Å². The fraction of sp³-hybridized carbons (Fsp3) is 0.211. The molecule has 0 unspecified atom stereocenters.